The highest BCUT2D eigenvalue weighted by Crippen LogP contribution is 2.45. The quantitative estimate of drug-likeness (QED) is 0.296. The standard InChI is InChI=1S/C30H26N4/c1-33(2)16-9-17-34-25-15-8-5-12-21(25)28-27-20-11-4-7-14-24(20)32-29(27)22-18-31-23-13-6-3-10-19(23)26(22)30(28)34/h3-8,10-15,18,32H,9,16-17H2,1-2H3. The van der Waals surface area contributed by atoms with Crippen LogP contribution in [0.1, 0.15) is 6.42 Å². The fourth-order valence-electron chi connectivity index (χ4n) is 5.78. The number of hydrogen-bond acceptors (Lipinski definition) is 2. The van der Waals surface area contributed by atoms with Gasteiger partial charge in [0.1, 0.15) is 0 Å². The maximum absolute atomic E-state index is 4.87. The van der Waals surface area contributed by atoms with Gasteiger partial charge in [-0.2, -0.15) is 0 Å². The highest BCUT2D eigenvalue weighted by Gasteiger charge is 2.22. The van der Waals surface area contributed by atoms with E-state index in [4.69, 9.17) is 4.98 Å². The molecule has 0 fully saturated rings. The van der Waals surface area contributed by atoms with Crippen LogP contribution in [-0.4, -0.2) is 40.1 Å². The van der Waals surface area contributed by atoms with Crippen LogP contribution in [0.3, 0.4) is 0 Å². The number of pyridine rings is 1. The van der Waals surface area contributed by atoms with Crippen molar-refractivity contribution in [2.45, 2.75) is 13.0 Å². The van der Waals surface area contributed by atoms with Gasteiger partial charge in [0.25, 0.3) is 0 Å². The van der Waals surface area contributed by atoms with Gasteiger partial charge in [-0.3, -0.25) is 4.98 Å². The van der Waals surface area contributed by atoms with E-state index >= 15 is 0 Å². The van der Waals surface area contributed by atoms with Crippen LogP contribution in [0, 0.1) is 0 Å². The summed E-state index contributed by atoms with van der Waals surface area (Å²) in [6, 6.07) is 26.1. The van der Waals surface area contributed by atoms with Gasteiger partial charge in [-0.1, -0.05) is 54.6 Å². The molecule has 7 aromatic rings. The van der Waals surface area contributed by atoms with E-state index in [1.807, 2.05) is 0 Å². The van der Waals surface area contributed by atoms with Crippen LogP contribution >= 0.6 is 0 Å². The predicted octanol–water partition coefficient (Wildman–Crippen LogP) is 7.08. The van der Waals surface area contributed by atoms with Gasteiger partial charge < -0.3 is 14.5 Å². The van der Waals surface area contributed by atoms with Crippen molar-refractivity contribution in [2.75, 3.05) is 20.6 Å². The molecular formula is C30H26N4. The zero-order chi connectivity index (χ0) is 22.8. The molecule has 0 radical (unpaired) electrons. The fraction of sp³-hybridized carbons (Fsp3) is 0.167. The first kappa shape index (κ1) is 19.6. The molecule has 34 heavy (non-hydrogen) atoms. The summed E-state index contributed by atoms with van der Waals surface area (Å²) in [5.74, 6) is 0. The third-order valence-electron chi connectivity index (χ3n) is 7.20. The third-order valence-corrected chi connectivity index (χ3v) is 7.20. The second-order valence-corrected chi connectivity index (χ2v) is 9.53. The molecular weight excluding hydrogens is 416 g/mol. The van der Waals surface area contributed by atoms with E-state index in [9.17, 15) is 0 Å². The Morgan fingerprint density at radius 3 is 2.35 bits per heavy atom. The Morgan fingerprint density at radius 2 is 1.50 bits per heavy atom. The topological polar surface area (TPSA) is 36.9 Å². The van der Waals surface area contributed by atoms with Crippen molar-refractivity contribution < 1.29 is 0 Å². The first-order valence-corrected chi connectivity index (χ1v) is 12.0. The van der Waals surface area contributed by atoms with Crippen molar-refractivity contribution in [1.29, 1.82) is 0 Å². The Balaban J connectivity index is 1.78. The molecule has 4 nitrogen and oxygen atoms in total. The van der Waals surface area contributed by atoms with E-state index in [0.717, 1.165) is 25.0 Å². The molecule has 0 unspecified atom stereocenters. The van der Waals surface area contributed by atoms with Crippen LogP contribution in [0.2, 0.25) is 0 Å². The molecule has 0 aliphatic heterocycles. The number of aryl methyl sites for hydroxylation is 1. The smallest absolute Gasteiger partial charge is 0.0709 e. The van der Waals surface area contributed by atoms with Crippen LogP contribution in [0.5, 0.6) is 0 Å². The summed E-state index contributed by atoms with van der Waals surface area (Å²) in [6.45, 7) is 2.03. The lowest BCUT2D eigenvalue weighted by molar-refractivity contribution is 0.389. The molecule has 0 aliphatic carbocycles. The Bertz CT molecular complexity index is 1870. The molecule has 7 rings (SSSR count). The molecule has 3 aromatic heterocycles. The molecule has 0 aliphatic rings. The molecule has 0 bridgehead atoms. The lowest BCUT2D eigenvalue weighted by Crippen LogP contribution is -2.15. The zero-order valence-electron chi connectivity index (χ0n) is 19.5. The van der Waals surface area contributed by atoms with E-state index < -0.39 is 0 Å². The summed E-state index contributed by atoms with van der Waals surface area (Å²) in [7, 11) is 4.30. The molecule has 0 atom stereocenters. The van der Waals surface area contributed by atoms with Crippen molar-refractivity contribution in [3.63, 3.8) is 0 Å². The normalized spacial score (nSPS) is 12.4. The maximum Gasteiger partial charge on any atom is 0.0709 e. The van der Waals surface area contributed by atoms with Crippen LogP contribution < -0.4 is 0 Å². The van der Waals surface area contributed by atoms with Crippen LogP contribution in [-0.2, 0) is 6.54 Å². The molecule has 0 amide bonds. The monoisotopic (exact) mass is 442 g/mol. The first-order chi connectivity index (χ1) is 16.7. The van der Waals surface area contributed by atoms with E-state index in [1.165, 1.54) is 59.8 Å². The van der Waals surface area contributed by atoms with Gasteiger partial charge in [0.05, 0.1) is 16.6 Å². The number of nitrogens with zero attached hydrogens (tertiary/aromatic N) is 3. The largest absolute Gasteiger partial charge is 0.354 e. The number of H-pyrrole nitrogens is 1. The van der Waals surface area contributed by atoms with Crippen molar-refractivity contribution in [1.82, 2.24) is 19.4 Å². The van der Waals surface area contributed by atoms with Crippen molar-refractivity contribution in [3.05, 3.63) is 79.0 Å². The molecule has 0 spiro atoms. The predicted molar refractivity (Wildman–Crippen MR) is 145 cm³/mol. The fourth-order valence-corrected chi connectivity index (χ4v) is 5.78. The Labute approximate surface area is 197 Å². The number of para-hydroxylation sites is 3. The highest BCUT2D eigenvalue weighted by atomic mass is 15.1. The molecule has 4 heteroatoms. The average molecular weight is 443 g/mol. The Kier molecular flexibility index (Phi) is 4.20. The van der Waals surface area contributed by atoms with Crippen LogP contribution in [0.4, 0.5) is 0 Å². The van der Waals surface area contributed by atoms with Gasteiger partial charge in [0.2, 0.25) is 0 Å². The number of fused-ring (bicyclic) bond motifs is 12. The maximum atomic E-state index is 4.87. The highest BCUT2D eigenvalue weighted by molar-refractivity contribution is 6.39. The second kappa shape index (κ2) is 7.31. The van der Waals surface area contributed by atoms with Gasteiger partial charge >= 0.3 is 0 Å². The molecule has 166 valence electrons. The van der Waals surface area contributed by atoms with Gasteiger partial charge in [-0.25, -0.2) is 0 Å². The minimum absolute atomic E-state index is 0.974. The van der Waals surface area contributed by atoms with Gasteiger partial charge in [-0.05, 0) is 45.3 Å². The van der Waals surface area contributed by atoms with E-state index in [2.05, 4.69) is 108 Å². The molecule has 1 N–H and O–H groups in total. The van der Waals surface area contributed by atoms with Gasteiger partial charge in [-0.15, -0.1) is 0 Å². The number of nitrogens with one attached hydrogen (secondary N) is 1. The van der Waals surface area contributed by atoms with Gasteiger partial charge in [0.15, 0.2) is 0 Å². The summed E-state index contributed by atoms with van der Waals surface area (Å²) in [4.78, 5) is 10.9. The summed E-state index contributed by atoms with van der Waals surface area (Å²) in [5.41, 5.74) is 6.01. The van der Waals surface area contributed by atoms with E-state index in [0.29, 0.717) is 0 Å². The second-order valence-electron chi connectivity index (χ2n) is 9.53. The third kappa shape index (κ3) is 2.66. The number of aromatic nitrogens is 3. The zero-order valence-corrected chi connectivity index (χ0v) is 19.5. The number of aromatic amines is 1. The molecule has 3 heterocycles. The summed E-state index contributed by atoms with van der Waals surface area (Å²) in [5, 5.41) is 8.93. The number of benzene rings is 4. The van der Waals surface area contributed by atoms with Crippen molar-refractivity contribution in [2.24, 2.45) is 0 Å². The summed E-state index contributed by atoms with van der Waals surface area (Å²) >= 11 is 0. The Morgan fingerprint density at radius 1 is 0.765 bits per heavy atom. The van der Waals surface area contributed by atoms with Gasteiger partial charge in [0, 0.05) is 61.5 Å². The molecule has 4 aromatic carbocycles. The summed E-state index contributed by atoms with van der Waals surface area (Å²) < 4.78 is 2.56. The number of hydrogen-bond donors (Lipinski definition) is 1. The average Bonchev–Trinajstić information content (AvgIpc) is 3.40. The lowest BCUT2D eigenvalue weighted by Gasteiger charge is -2.14. The lowest BCUT2D eigenvalue weighted by atomic mass is 9.98. The van der Waals surface area contributed by atoms with Crippen molar-refractivity contribution >= 4 is 65.3 Å². The SMILES string of the molecule is CN(C)CCCn1c2ccccc2c2c3c4ccccc4[nH]c3c3cnc4ccccc4c3c21. The minimum Gasteiger partial charge on any atom is -0.354 e. The van der Waals surface area contributed by atoms with E-state index in [-0.39, 0.29) is 0 Å². The summed E-state index contributed by atoms with van der Waals surface area (Å²) in [6.07, 6.45) is 3.16. The van der Waals surface area contributed by atoms with Crippen molar-refractivity contribution in [3.8, 4) is 0 Å². The minimum atomic E-state index is 0.974. The first-order valence-electron chi connectivity index (χ1n) is 12.0. The van der Waals surface area contributed by atoms with E-state index in [1.54, 1.807) is 0 Å². The van der Waals surface area contributed by atoms with Crippen LogP contribution in [0.25, 0.3) is 65.3 Å². The molecule has 0 saturated carbocycles. The number of rotatable bonds is 4. The molecule has 0 saturated heterocycles. The van der Waals surface area contributed by atoms with Crippen LogP contribution in [0.15, 0.2) is 79.0 Å². The Hall–Kier alpha value is -3.89.